The summed E-state index contributed by atoms with van der Waals surface area (Å²) < 4.78 is 5.54. The van der Waals surface area contributed by atoms with Crippen molar-refractivity contribution < 1.29 is 9.21 Å². The highest BCUT2D eigenvalue weighted by atomic mass is 35.5. The minimum atomic E-state index is -0.249. The maximum Gasteiger partial charge on any atom is 0.236 e. The highest BCUT2D eigenvalue weighted by Crippen LogP contribution is 2.33. The molecule has 19 heavy (non-hydrogen) atoms. The monoisotopic (exact) mass is 296 g/mol. The SMILES string of the molecule is CC(=O)N/N=C\c1ccc(-c2cccc(Cl)c2Cl)o1. The predicted octanol–water partition coefficient (Wildman–Crippen LogP) is 3.72. The van der Waals surface area contributed by atoms with Crippen LogP contribution in [0.4, 0.5) is 0 Å². The van der Waals surface area contributed by atoms with Crippen molar-refractivity contribution in [2.75, 3.05) is 0 Å². The van der Waals surface area contributed by atoms with Crippen LogP contribution in [0.1, 0.15) is 12.7 Å². The Balaban J connectivity index is 2.23. The van der Waals surface area contributed by atoms with Crippen LogP contribution in [0.15, 0.2) is 39.9 Å². The van der Waals surface area contributed by atoms with Gasteiger partial charge in [0.05, 0.1) is 16.3 Å². The maximum absolute atomic E-state index is 10.7. The first-order valence-corrected chi connectivity index (χ1v) is 6.17. The number of carbonyl (C=O) groups excluding carboxylic acids is 1. The molecule has 0 unspecified atom stereocenters. The van der Waals surface area contributed by atoms with Crippen molar-refractivity contribution in [1.29, 1.82) is 0 Å². The standard InChI is InChI=1S/C13H10Cl2N2O2/c1-8(18)17-16-7-9-5-6-12(19-9)10-3-2-4-11(14)13(10)15/h2-7H,1H3,(H,17,18)/b16-7-. The van der Waals surface area contributed by atoms with Gasteiger partial charge in [-0.1, -0.05) is 29.3 Å². The summed E-state index contributed by atoms with van der Waals surface area (Å²) in [5.41, 5.74) is 2.99. The van der Waals surface area contributed by atoms with Gasteiger partial charge in [-0.25, -0.2) is 5.43 Å². The first-order valence-electron chi connectivity index (χ1n) is 5.42. The van der Waals surface area contributed by atoms with E-state index in [0.29, 0.717) is 27.1 Å². The molecule has 0 aliphatic heterocycles. The second kappa shape index (κ2) is 5.91. The minimum absolute atomic E-state index is 0.249. The Hall–Kier alpha value is -1.78. The van der Waals surface area contributed by atoms with Crippen molar-refractivity contribution in [2.24, 2.45) is 5.10 Å². The molecule has 0 bridgehead atoms. The lowest BCUT2D eigenvalue weighted by Crippen LogP contribution is -2.12. The molecule has 1 aromatic heterocycles. The fraction of sp³-hybridized carbons (Fsp3) is 0.0769. The number of nitrogens with zero attached hydrogens (tertiary/aromatic N) is 1. The Kier molecular flexibility index (Phi) is 4.24. The second-order valence-corrected chi connectivity index (χ2v) is 4.51. The van der Waals surface area contributed by atoms with E-state index in [1.54, 1.807) is 24.3 Å². The van der Waals surface area contributed by atoms with Crippen LogP contribution in [0.3, 0.4) is 0 Å². The lowest BCUT2D eigenvalue weighted by Gasteiger charge is -2.01. The summed E-state index contributed by atoms with van der Waals surface area (Å²) in [7, 11) is 0. The molecule has 6 heteroatoms. The van der Waals surface area contributed by atoms with E-state index in [4.69, 9.17) is 27.6 Å². The van der Waals surface area contributed by atoms with E-state index in [0.717, 1.165) is 0 Å². The van der Waals surface area contributed by atoms with E-state index < -0.39 is 0 Å². The Bertz CT molecular complexity index is 635. The number of benzene rings is 1. The number of halogens is 2. The van der Waals surface area contributed by atoms with Gasteiger partial charge >= 0.3 is 0 Å². The van der Waals surface area contributed by atoms with Crippen LogP contribution < -0.4 is 5.43 Å². The highest BCUT2D eigenvalue weighted by Gasteiger charge is 2.10. The molecule has 1 amide bonds. The molecule has 2 aromatic rings. The van der Waals surface area contributed by atoms with E-state index in [2.05, 4.69) is 10.5 Å². The predicted molar refractivity (Wildman–Crippen MR) is 75.6 cm³/mol. The average molecular weight is 297 g/mol. The molecule has 4 nitrogen and oxygen atoms in total. The van der Waals surface area contributed by atoms with Gasteiger partial charge in [0.1, 0.15) is 11.5 Å². The van der Waals surface area contributed by atoms with E-state index in [1.807, 2.05) is 6.07 Å². The lowest BCUT2D eigenvalue weighted by molar-refractivity contribution is -0.118. The zero-order valence-corrected chi connectivity index (χ0v) is 11.5. The second-order valence-electron chi connectivity index (χ2n) is 3.73. The van der Waals surface area contributed by atoms with Gasteiger partial charge in [0.15, 0.2) is 0 Å². The van der Waals surface area contributed by atoms with Crippen molar-refractivity contribution in [2.45, 2.75) is 6.92 Å². The summed E-state index contributed by atoms with van der Waals surface area (Å²) in [5.74, 6) is 0.831. The van der Waals surface area contributed by atoms with Gasteiger partial charge < -0.3 is 4.42 Å². The third-order valence-corrected chi connectivity index (χ3v) is 3.08. The summed E-state index contributed by atoms with van der Waals surface area (Å²) in [5, 5.41) is 4.61. The zero-order chi connectivity index (χ0) is 13.8. The van der Waals surface area contributed by atoms with Crippen molar-refractivity contribution in [3.8, 4) is 11.3 Å². The first kappa shape index (κ1) is 13.6. The van der Waals surface area contributed by atoms with Crippen molar-refractivity contribution in [3.63, 3.8) is 0 Å². The van der Waals surface area contributed by atoms with Crippen molar-refractivity contribution >= 4 is 35.3 Å². The third kappa shape index (κ3) is 3.36. The topological polar surface area (TPSA) is 54.6 Å². The largest absolute Gasteiger partial charge is 0.455 e. The maximum atomic E-state index is 10.7. The Morgan fingerprint density at radius 3 is 2.84 bits per heavy atom. The summed E-state index contributed by atoms with van der Waals surface area (Å²) in [6, 6.07) is 8.78. The van der Waals surface area contributed by atoms with Crippen molar-refractivity contribution in [1.82, 2.24) is 5.43 Å². The van der Waals surface area contributed by atoms with Gasteiger partial charge in [0.25, 0.3) is 0 Å². The highest BCUT2D eigenvalue weighted by molar-refractivity contribution is 6.43. The molecule has 0 radical (unpaired) electrons. The molecule has 98 valence electrons. The summed E-state index contributed by atoms with van der Waals surface area (Å²) >= 11 is 12.0. The van der Waals surface area contributed by atoms with Gasteiger partial charge in [-0.15, -0.1) is 0 Å². The molecule has 1 aromatic carbocycles. The van der Waals surface area contributed by atoms with Crippen LogP contribution in [-0.2, 0) is 4.79 Å². The molecular formula is C13H10Cl2N2O2. The van der Waals surface area contributed by atoms with Crippen LogP contribution in [0.2, 0.25) is 10.0 Å². The number of amides is 1. The number of rotatable bonds is 3. The molecule has 0 saturated heterocycles. The molecule has 0 aliphatic rings. The van der Waals surface area contributed by atoms with Crippen LogP contribution in [0, 0.1) is 0 Å². The first-order chi connectivity index (χ1) is 9.08. The normalized spacial score (nSPS) is 10.9. The minimum Gasteiger partial charge on any atom is -0.455 e. The Morgan fingerprint density at radius 2 is 2.11 bits per heavy atom. The van der Waals surface area contributed by atoms with Gasteiger partial charge in [0, 0.05) is 12.5 Å². The molecule has 0 atom stereocenters. The Labute approximate surface area is 120 Å². The average Bonchev–Trinajstić information content (AvgIpc) is 2.81. The fourth-order valence-electron chi connectivity index (χ4n) is 1.45. The number of hydrazone groups is 1. The molecule has 0 aliphatic carbocycles. The summed E-state index contributed by atoms with van der Waals surface area (Å²) in [6.07, 6.45) is 1.41. The summed E-state index contributed by atoms with van der Waals surface area (Å²) in [4.78, 5) is 10.7. The van der Waals surface area contributed by atoms with Gasteiger partial charge in [-0.2, -0.15) is 5.10 Å². The van der Waals surface area contributed by atoms with Crippen LogP contribution in [0.25, 0.3) is 11.3 Å². The van der Waals surface area contributed by atoms with Gasteiger partial charge in [-0.3, -0.25) is 4.79 Å². The third-order valence-electron chi connectivity index (χ3n) is 2.26. The van der Waals surface area contributed by atoms with Crippen LogP contribution in [0.5, 0.6) is 0 Å². The van der Waals surface area contributed by atoms with E-state index >= 15 is 0 Å². The number of furan rings is 1. The molecule has 1 N–H and O–H groups in total. The lowest BCUT2D eigenvalue weighted by atomic mass is 10.2. The van der Waals surface area contributed by atoms with Crippen LogP contribution in [-0.4, -0.2) is 12.1 Å². The smallest absolute Gasteiger partial charge is 0.236 e. The van der Waals surface area contributed by atoms with E-state index in [-0.39, 0.29) is 5.91 Å². The molecule has 0 saturated carbocycles. The number of carbonyl (C=O) groups is 1. The zero-order valence-electron chi connectivity index (χ0n) is 9.98. The molecule has 1 heterocycles. The van der Waals surface area contributed by atoms with E-state index in [9.17, 15) is 4.79 Å². The van der Waals surface area contributed by atoms with Gasteiger partial charge in [-0.05, 0) is 24.3 Å². The quantitative estimate of drug-likeness (QED) is 0.693. The van der Waals surface area contributed by atoms with Gasteiger partial charge in [0.2, 0.25) is 5.91 Å². The fourth-order valence-corrected chi connectivity index (χ4v) is 1.84. The summed E-state index contributed by atoms with van der Waals surface area (Å²) in [6.45, 7) is 1.37. The van der Waals surface area contributed by atoms with E-state index in [1.165, 1.54) is 13.1 Å². The molecular weight excluding hydrogens is 287 g/mol. The molecule has 0 spiro atoms. The van der Waals surface area contributed by atoms with Crippen molar-refractivity contribution in [3.05, 3.63) is 46.1 Å². The number of hydrogen-bond acceptors (Lipinski definition) is 3. The number of hydrogen-bond donors (Lipinski definition) is 1. The molecule has 0 fully saturated rings. The molecule has 2 rings (SSSR count). The number of nitrogens with one attached hydrogen (secondary N) is 1. The van der Waals surface area contributed by atoms with Crippen LogP contribution >= 0.6 is 23.2 Å². The Morgan fingerprint density at radius 1 is 1.32 bits per heavy atom.